The van der Waals surface area contributed by atoms with E-state index in [1.54, 1.807) is 12.1 Å². The van der Waals surface area contributed by atoms with Crippen LogP contribution in [0.15, 0.2) is 24.3 Å². The summed E-state index contributed by atoms with van der Waals surface area (Å²) in [7, 11) is 0. The molecule has 0 saturated heterocycles. The van der Waals surface area contributed by atoms with Gasteiger partial charge in [-0.25, -0.2) is 5.84 Å². The van der Waals surface area contributed by atoms with Crippen molar-refractivity contribution in [1.82, 2.24) is 5.43 Å². The number of amides is 1. The fourth-order valence-electron chi connectivity index (χ4n) is 1.95. The number of hydrogen-bond donors (Lipinski definition) is 2. The Bertz CT molecular complexity index is 415. The van der Waals surface area contributed by atoms with E-state index in [2.05, 4.69) is 0 Å². The molecule has 1 aliphatic rings. The normalized spacial score (nSPS) is 19.5. The van der Waals surface area contributed by atoms with Crippen molar-refractivity contribution < 1.29 is 9.59 Å². The summed E-state index contributed by atoms with van der Waals surface area (Å²) in [5, 5.41) is 0. The Kier molecular flexibility index (Phi) is 2.51. The van der Waals surface area contributed by atoms with Crippen molar-refractivity contribution in [2.24, 2.45) is 11.8 Å². The Morgan fingerprint density at radius 1 is 1.40 bits per heavy atom. The van der Waals surface area contributed by atoms with Gasteiger partial charge < -0.3 is 0 Å². The maximum absolute atomic E-state index is 11.9. The van der Waals surface area contributed by atoms with Gasteiger partial charge in [-0.3, -0.25) is 15.0 Å². The number of aryl methyl sites for hydroxylation is 1. The zero-order valence-corrected chi connectivity index (χ0v) is 8.19. The van der Waals surface area contributed by atoms with Gasteiger partial charge in [0.25, 0.3) is 0 Å². The molecule has 0 spiro atoms. The summed E-state index contributed by atoms with van der Waals surface area (Å²) in [4.78, 5) is 23.2. The summed E-state index contributed by atoms with van der Waals surface area (Å²) in [5.74, 6) is 3.89. The molecule has 1 atom stereocenters. The van der Waals surface area contributed by atoms with Crippen LogP contribution < -0.4 is 11.3 Å². The van der Waals surface area contributed by atoms with E-state index in [1.165, 1.54) is 0 Å². The van der Waals surface area contributed by atoms with Gasteiger partial charge in [-0.05, 0) is 18.4 Å². The molecule has 0 bridgehead atoms. The molecule has 1 aromatic carbocycles. The molecule has 1 amide bonds. The number of nitrogens with two attached hydrogens (primary N) is 1. The smallest absolute Gasteiger partial charge is 0.244 e. The second kappa shape index (κ2) is 3.82. The predicted octanol–water partition coefficient (Wildman–Crippen LogP) is 0.422. The Labute approximate surface area is 87.4 Å². The van der Waals surface area contributed by atoms with Gasteiger partial charge in [0, 0.05) is 5.56 Å². The van der Waals surface area contributed by atoms with Crippen LogP contribution in [0.25, 0.3) is 0 Å². The lowest BCUT2D eigenvalue weighted by Gasteiger charge is -2.21. The van der Waals surface area contributed by atoms with Crippen molar-refractivity contribution in [2.75, 3.05) is 0 Å². The lowest BCUT2D eigenvalue weighted by atomic mass is 9.82. The summed E-state index contributed by atoms with van der Waals surface area (Å²) >= 11 is 0. The third-order valence-electron chi connectivity index (χ3n) is 2.76. The SMILES string of the molecule is NNC(=O)C1CCc2ccccc2C1=O. The first-order chi connectivity index (χ1) is 7.24. The van der Waals surface area contributed by atoms with Gasteiger partial charge in [-0.15, -0.1) is 0 Å². The number of fused-ring (bicyclic) bond motifs is 1. The number of rotatable bonds is 1. The molecular weight excluding hydrogens is 192 g/mol. The number of benzene rings is 1. The number of Topliss-reactive ketones (excluding diaryl/α,β-unsaturated/α-hetero) is 1. The van der Waals surface area contributed by atoms with E-state index in [0.29, 0.717) is 12.0 Å². The summed E-state index contributed by atoms with van der Waals surface area (Å²) in [6.45, 7) is 0. The number of carbonyl (C=O) groups excluding carboxylic acids is 2. The van der Waals surface area contributed by atoms with Crippen LogP contribution in [0.4, 0.5) is 0 Å². The zero-order chi connectivity index (χ0) is 10.8. The number of hydrazine groups is 1. The predicted molar refractivity (Wildman–Crippen MR) is 54.9 cm³/mol. The van der Waals surface area contributed by atoms with Gasteiger partial charge in [0.15, 0.2) is 5.78 Å². The van der Waals surface area contributed by atoms with Crippen molar-refractivity contribution in [3.05, 3.63) is 35.4 Å². The van der Waals surface area contributed by atoms with Crippen molar-refractivity contribution in [3.63, 3.8) is 0 Å². The topological polar surface area (TPSA) is 72.2 Å². The molecule has 2 rings (SSSR count). The van der Waals surface area contributed by atoms with E-state index in [9.17, 15) is 9.59 Å². The largest absolute Gasteiger partial charge is 0.294 e. The van der Waals surface area contributed by atoms with Crippen molar-refractivity contribution >= 4 is 11.7 Å². The van der Waals surface area contributed by atoms with Crippen LogP contribution in [-0.4, -0.2) is 11.7 Å². The van der Waals surface area contributed by atoms with E-state index in [4.69, 9.17) is 5.84 Å². The minimum atomic E-state index is -0.620. The van der Waals surface area contributed by atoms with E-state index in [1.807, 2.05) is 17.6 Å². The molecule has 15 heavy (non-hydrogen) atoms. The first kappa shape index (κ1) is 9.86. The third kappa shape index (κ3) is 1.64. The minimum absolute atomic E-state index is 0.125. The summed E-state index contributed by atoms with van der Waals surface area (Å²) in [6.07, 6.45) is 1.29. The maximum atomic E-state index is 11.9. The highest BCUT2D eigenvalue weighted by Crippen LogP contribution is 2.25. The van der Waals surface area contributed by atoms with Crippen LogP contribution in [0.5, 0.6) is 0 Å². The summed E-state index contributed by atoms with van der Waals surface area (Å²) in [6, 6.07) is 7.38. The highest BCUT2D eigenvalue weighted by Gasteiger charge is 2.31. The molecule has 1 aromatic rings. The van der Waals surface area contributed by atoms with Crippen LogP contribution in [0.2, 0.25) is 0 Å². The average Bonchev–Trinajstić information content (AvgIpc) is 2.29. The second-order valence-corrected chi connectivity index (χ2v) is 3.62. The van der Waals surface area contributed by atoms with Gasteiger partial charge in [0.1, 0.15) is 5.92 Å². The number of hydrogen-bond acceptors (Lipinski definition) is 3. The molecule has 1 aliphatic carbocycles. The molecule has 78 valence electrons. The molecule has 3 N–H and O–H groups in total. The Morgan fingerprint density at radius 3 is 2.87 bits per heavy atom. The highest BCUT2D eigenvalue weighted by molar-refractivity contribution is 6.11. The van der Waals surface area contributed by atoms with Gasteiger partial charge >= 0.3 is 0 Å². The summed E-state index contributed by atoms with van der Waals surface area (Å²) in [5.41, 5.74) is 3.70. The fraction of sp³-hybridized carbons (Fsp3) is 0.273. The van der Waals surface area contributed by atoms with Crippen LogP contribution in [-0.2, 0) is 11.2 Å². The monoisotopic (exact) mass is 204 g/mol. The Morgan fingerprint density at radius 2 is 2.13 bits per heavy atom. The second-order valence-electron chi connectivity index (χ2n) is 3.62. The standard InChI is InChI=1S/C11H12N2O2/c12-13-11(15)9-6-5-7-3-1-2-4-8(7)10(9)14/h1-4,9H,5-6,12H2,(H,13,15). The lowest BCUT2D eigenvalue weighted by Crippen LogP contribution is -2.41. The molecule has 1 unspecified atom stereocenters. The van der Waals surface area contributed by atoms with Crippen LogP contribution in [0.3, 0.4) is 0 Å². The first-order valence-corrected chi connectivity index (χ1v) is 4.86. The van der Waals surface area contributed by atoms with Gasteiger partial charge in [0.2, 0.25) is 5.91 Å². The Hall–Kier alpha value is -1.68. The van der Waals surface area contributed by atoms with Crippen LogP contribution in [0, 0.1) is 5.92 Å². The van der Waals surface area contributed by atoms with Gasteiger partial charge in [-0.2, -0.15) is 0 Å². The average molecular weight is 204 g/mol. The number of carbonyl (C=O) groups is 2. The van der Waals surface area contributed by atoms with Crippen molar-refractivity contribution in [3.8, 4) is 0 Å². The Balaban J connectivity index is 2.34. The van der Waals surface area contributed by atoms with Crippen molar-refractivity contribution in [1.29, 1.82) is 0 Å². The molecule has 0 heterocycles. The highest BCUT2D eigenvalue weighted by atomic mass is 16.2. The molecular formula is C11H12N2O2. The molecule has 4 nitrogen and oxygen atoms in total. The van der Waals surface area contributed by atoms with Gasteiger partial charge in [0.05, 0.1) is 0 Å². The van der Waals surface area contributed by atoms with E-state index < -0.39 is 11.8 Å². The fourth-order valence-corrected chi connectivity index (χ4v) is 1.95. The third-order valence-corrected chi connectivity index (χ3v) is 2.76. The molecule has 0 fully saturated rings. The van der Waals surface area contributed by atoms with Crippen LogP contribution >= 0.6 is 0 Å². The number of ketones is 1. The molecule has 0 saturated carbocycles. The van der Waals surface area contributed by atoms with E-state index in [-0.39, 0.29) is 5.78 Å². The zero-order valence-electron chi connectivity index (χ0n) is 8.19. The van der Waals surface area contributed by atoms with Crippen LogP contribution in [0.1, 0.15) is 22.3 Å². The molecule has 0 aromatic heterocycles. The van der Waals surface area contributed by atoms with E-state index in [0.717, 1.165) is 12.0 Å². The minimum Gasteiger partial charge on any atom is -0.294 e. The quantitative estimate of drug-likeness (QED) is 0.301. The molecule has 0 radical (unpaired) electrons. The van der Waals surface area contributed by atoms with Crippen molar-refractivity contribution in [2.45, 2.75) is 12.8 Å². The molecule has 4 heteroatoms. The molecule has 0 aliphatic heterocycles. The maximum Gasteiger partial charge on any atom is 0.244 e. The summed E-state index contributed by atoms with van der Waals surface area (Å²) < 4.78 is 0. The van der Waals surface area contributed by atoms with Gasteiger partial charge in [-0.1, -0.05) is 24.3 Å². The lowest BCUT2D eigenvalue weighted by molar-refractivity contribution is -0.123. The van der Waals surface area contributed by atoms with E-state index >= 15 is 0 Å². The first-order valence-electron chi connectivity index (χ1n) is 4.86. The number of nitrogens with one attached hydrogen (secondary N) is 1.